The quantitative estimate of drug-likeness (QED) is 0.541. The van der Waals surface area contributed by atoms with Crippen molar-refractivity contribution in [2.45, 2.75) is 18.8 Å². The highest BCUT2D eigenvalue weighted by atomic mass is 16.5. The lowest BCUT2D eigenvalue weighted by Gasteiger charge is -2.33. The maximum atomic E-state index is 12.5. The predicted octanol–water partition coefficient (Wildman–Crippen LogP) is 2.75. The van der Waals surface area contributed by atoms with Gasteiger partial charge in [0.25, 0.3) is 0 Å². The molecule has 0 radical (unpaired) electrons. The van der Waals surface area contributed by atoms with Crippen LogP contribution in [0.25, 0.3) is 0 Å². The summed E-state index contributed by atoms with van der Waals surface area (Å²) < 4.78 is 0. The normalized spacial score (nSPS) is 13.6. The largest absolute Gasteiger partial charge is 0.789 e. The van der Waals surface area contributed by atoms with Crippen LogP contribution < -0.4 is 15.9 Å². The molecule has 0 spiro atoms. The van der Waals surface area contributed by atoms with Gasteiger partial charge in [-0.3, -0.25) is 4.85 Å². The van der Waals surface area contributed by atoms with Gasteiger partial charge in [0, 0.05) is 29.6 Å². The fourth-order valence-electron chi connectivity index (χ4n) is 2.48. The molecule has 0 aliphatic heterocycles. The van der Waals surface area contributed by atoms with E-state index in [4.69, 9.17) is 5.73 Å². The van der Waals surface area contributed by atoms with Crippen LogP contribution in [0.15, 0.2) is 42.6 Å². The van der Waals surface area contributed by atoms with Crippen molar-refractivity contribution in [3.8, 4) is 0 Å². The fourth-order valence-corrected chi connectivity index (χ4v) is 2.48. The van der Waals surface area contributed by atoms with Crippen molar-refractivity contribution in [2.75, 3.05) is 15.9 Å². The summed E-state index contributed by atoms with van der Waals surface area (Å²) in [5.41, 5.74) is 6.97. The predicted molar refractivity (Wildman–Crippen MR) is 96.9 cm³/mol. The molecular formula is C16H14N7O3-3. The molecule has 134 valence electrons. The molecule has 10 heteroatoms. The number of hydrogen-bond acceptors (Lipinski definition) is 9. The molecule has 0 atom stereocenters. The van der Waals surface area contributed by atoms with Crippen molar-refractivity contribution in [1.29, 1.82) is 0 Å². The van der Waals surface area contributed by atoms with E-state index in [1.54, 1.807) is 12.1 Å². The summed E-state index contributed by atoms with van der Waals surface area (Å²) in [5, 5.41) is 41.4. The number of benzene rings is 1. The third kappa shape index (κ3) is 2.98. The fraction of sp³-hybridized carbons (Fsp3) is 0.188. The van der Waals surface area contributed by atoms with Crippen molar-refractivity contribution in [3.63, 3.8) is 0 Å². The Morgan fingerprint density at radius 2 is 1.81 bits per heavy atom. The SMILES string of the molecule is Nc1ccc(N([O-])c2nccc(N([O-])c3cc(C4CC4)nn3[O-])n2)cc1. The molecule has 0 bridgehead atoms. The molecule has 2 aromatic heterocycles. The molecule has 0 unspecified atom stereocenters. The van der Waals surface area contributed by atoms with Crippen molar-refractivity contribution in [1.82, 2.24) is 19.9 Å². The lowest BCUT2D eigenvalue weighted by atomic mass is 10.3. The van der Waals surface area contributed by atoms with Gasteiger partial charge in [0.15, 0.2) is 0 Å². The van der Waals surface area contributed by atoms with E-state index in [1.165, 1.54) is 30.5 Å². The summed E-state index contributed by atoms with van der Waals surface area (Å²) in [6.07, 6.45) is 3.19. The number of rotatable bonds is 5. The van der Waals surface area contributed by atoms with Crippen LogP contribution in [0, 0.1) is 15.6 Å². The minimum atomic E-state index is -0.229. The molecule has 1 aliphatic carbocycles. The molecule has 1 saturated carbocycles. The van der Waals surface area contributed by atoms with Crippen molar-refractivity contribution in [3.05, 3.63) is 63.9 Å². The molecule has 0 amide bonds. The summed E-state index contributed by atoms with van der Waals surface area (Å²) in [5.74, 6) is -0.319. The van der Waals surface area contributed by atoms with Crippen LogP contribution in [-0.4, -0.2) is 19.9 Å². The number of hydrogen-bond donors (Lipinski definition) is 1. The summed E-state index contributed by atoms with van der Waals surface area (Å²) in [6, 6.07) is 8.94. The van der Waals surface area contributed by atoms with Crippen LogP contribution in [0.1, 0.15) is 24.5 Å². The van der Waals surface area contributed by atoms with Gasteiger partial charge in [-0.25, -0.2) is 4.98 Å². The second kappa shape index (κ2) is 6.17. The molecule has 2 N–H and O–H groups in total. The Balaban J connectivity index is 1.61. The van der Waals surface area contributed by atoms with Gasteiger partial charge in [0.1, 0.15) is 11.6 Å². The van der Waals surface area contributed by atoms with Gasteiger partial charge in [0.05, 0.1) is 5.69 Å². The van der Waals surface area contributed by atoms with E-state index in [1.807, 2.05) is 0 Å². The average Bonchev–Trinajstić information content (AvgIpc) is 3.43. The zero-order valence-corrected chi connectivity index (χ0v) is 13.5. The molecule has 1 fully saturated rings. The van der Waals surface area contributed by atoms with Crippen LogP contribution in [-0.2, 0) is 0 Å². The minimum Gasteiger partial charge on any atom is -0.789 e. The van der Waals surface area contributed by atoms with Gasteiger partial charge in [-0.15, -0.1) is 0 Å². The molecule has 10 nitrogen and oxygen atoms in total. The summed E-state index contributed by atoms with van der Waals surface area (Å²) >= 11 is 0. The van der Waals surface area contributed by atoms with Crippen molar-refractivity contribution in [2.24, 2.45) is 0 Å². The Labute approximate surface area is 148 Å². The summed E-state index contributed by atoms with van der Waals surface area (Å²) in [6.45, 7) is 0. The standard InChI is InChI=1S/C16H14N7O3/c17-11-3-5-12(6-4-11)21(24)16-18-8-7-14(19-16)22(25)15-9-13(10-1-2-10)20-23(15)26/h3-10H,1-2,17H2/q-3. The highest BCUT2D eigenvalue weighted by Crippen LogP contribution is 2.40. The van der Waals surface area contributed by atoms with Gasteiger partial charge in [-0.1, -0.05) is 0 Å². The molecule has 0 saturated heterocycles. The minimum absolute atomic E-state index is 0.134. The lowest BCUT2D eigenvalue weighted by molar-refractivity contribution is 0.835. The highest BCUT2D eigenvalue weighted by Gasteiger charge is 2.26. The third-order valence-electron chi connectivity index (χ3n) is 4.03. The number of nitrogen functional groups attached to an aromatic ring is 1. The maximum Gasteiger partial charge on any atom is 0.220 e. The summed E-state index contributed by atoms with van der Waals surface area (Å²) in [4.78, 5) is 8.12. The van der Waals surface area contributed by atoms with Gasteiger partial charge < -0.3 is 31.5 Å². The van der Waals surface area contributed by atoms with E-state index in [-0.39, 0.29) is 34.0 Å². The molecule has 4 rings (SSSR count). The monoisotopic (exact) mass is 352 g/mol. The topological polar surface area (TPSA) is 145 Å². The Bertz CT molecular complexity index is 924. The van der Waals surface area contributed by atoms with Crippen LogP contribution in [0.2, 0.25) is 0 Å². The first-order chi connectivity index (χ1) is 12.5. The van der Waals surface area contributed by atoms with E-state index in [0.717, 1.165) is 12.8 Å². The Morgan fingerprint density at radius 1 is 1.08 bits per heavy atom. The van der Waals surface area contributed by atoms with E-state index in [2.05, 4.69) is 15.1 Å². The van der Waals surface area contributed by atoms with Crippen LogP contribution in [0.3, 0.4) is 0 Å². The summed E-state index contributed by atoms with van der Waals surface area (Å²) in [7, 11) is 0. The zero-order chi connectivity index (χ0) is 18.3. The van der Waals surface area contributed by atoms with Crippen molar-refractivity contribution >= 4 is 29.0 Å². The first kappa shape index (κ1) is 16.1. The smallest absolute Gasteiger partial charge is 0.220 e. The number of anilines is 5. The first-order valence-electron chi connectivity index (χ1n) is 7.93. The second-order valence-electron chi connectivity index (χ2n) is 5.97. The molecule has 1 aliphatic rings. The molecule has 2 heterocycles. The second-order valence-corrected chi connectivity index (χ2v) is 5.97. The average molecular weight is 352 g/mol. The number of nitrogens with zero attached hydrogens (tertiary/aromatic N) is 6. The van der Waals surface area contributed by atoms with E-state index in [0.29, 0.717) is 21.5 Å². The van der Waals surface area contributed by atoms with Crippen LogP contribution in [0.4, 0.5) is 29.0 Å². The zero-order valence-electron chi connectivity index (χ0n) is 13.5. The highest BCUT2D eigenvalue weighted by molar-refractivity contribution is 5.64. The van der Waals surface area contributed by atoms with Gasteiger partial charge in [-0.2, -0.15) is 10.1 Å². The van der Waals surface area contributed by atoms with E-state index < -0.39 is 0 Å². The number of aromatic nitrogens is 4. The maximum absolute atomic E-state index is 12.5. The van der Waals surface area contributed by atoms with Crippen LogP contribution in [0.5, 0.6) is 0 Å². The van der Waals surface area contributed by atoms with Gasteiger partial charge in [0.2, 0.25) is 5.95 Å². The molecular weight excluding hydrogens is 338 g/mol. The third-order valence-corrected chi connectivity index (χ3v) is 4.03. The Kier molecular flexibility index (Phi) is 3.82. The lowest BCUT2D eigenvalue weighted by Crippen LogP contribution is -2.16. The van der Waals surface area contributed by atoms with Crippen LogP contribution >= 0.6 is 0 Å². The van der Waals surface area contributed by atoms with Gasteiger partial charge >= 0.3 is 0 Å². The molecule has 26 heavy (non-hydrogen) atoms. The van der Waals surface area contributed by atoms with Gasteiger partial charge in [-0.05, 0) is 43.2 Å². The molecule has 1 aromatic carbocycles. The van der Waals surface area contributed by atoms with Crippen molar-refractivity contribution < 1.29 is 0 Å². The molecule has 3 aromatic rings. The first-order valence-corrected chi connectivity index (χ1v) is 7.93. The number of nitrogens with two attached hydrogens (primary N) is 1. The van der Waals surface area contributed by atoms with E-state index in [9.17, 15) is 15.6 Å². The van der Waals surface area contributed by atoms with E-state index >= 15 is 0 Å². The Morgan fingerprint density at radius 3 is 2.50 bits per heavy atom. The Hall–Kier alpha value is -3.37.